The molecular formula is C6H17NO2Si. The van der Waals surface area contributed by atoms with Crippen molar-refractivity contribution in [2.24, 2.45) is 0 Å². The molecule has 0 spiro atoms. The summed E-state index contributed by atoms with van der Waals surface area (Å²) >= 11 is 0. The highest BCUT2D eigenvalue weighted by molar-refractivity contribution is 6.33. The van der Waals surface area contributed by atoms with Crippen LogP contribution < -0.4 is 0 Å². The van der Waals surface area contributed by atoms with Gasteiger partial charge in [0.2, 0.25) is 0 Å². The van der Waals surface area contributed by atoms with Crippen molar-refractivity contribution in [2.45, 2.75) is 19.0 Å². The molecule has 0 saturated carbocycles. The second kappa shape index (κ2) is 7.21. The second-order valence-corrected chi connectivity index (χ2v) is 3.84. The van der Waals surface area contributed by atoms with E-state index in [4.69, 9.17) is 9.68 Å². The van der Waals surface area contributed by atoms with Gasteiger partial charge >= 0.3 is 0 Å². The van der Waals surface area contributed by atoms with Crippen molar-refractivity contribution >= 4 is 9.52 Å². The van der Waals surface area contributed by atoms with Crippen molar-refractivity contribution < 1.29 is 9.68 Å². The van der Waals surface area contributed by atoms with E-state index in [0.29, 0.717) is 0 Å². The Balaban J connectivity index is 3.09. The zero-order valence-electron chi connectivity index (χ0n) is 7.09. The number of rotatable bonds is 6. The molecule has 0 aliphatic carbocycles. The van der Waals surface area contributed by atoms with Gasteiger partial charge in [-0.25, -0.2) is 0 Å². The van der Waals surface area contributed by atoms with Gasteiger partial charge in [0.05, 0.1) is 20.8 Å². The molecule has 0 heterocycles. The van der Waals surface area contributed by atoms with Gasteiger partial charge < -0.3 is 0 Å². The van der Waals surface area contributed by atoms with Crippen LogP contribution in [-0.4, -0.2) is 35.5 Å². The molecule has 0 saturated heterocycles. The number of hydrogen-bond acceptors (Lipinski definition) is 3. The van der Waals surface area contributed by atoms with Crippen LogP contribution in [0.4, 0.5) is 0 Å². The summed E-state index contributed by atoms with van der Waals surface area (Å²) in [7, 11) is 3.45. The summed E-state index contributed by atoms with van der Waals surface area (Å²) in [6.07, 6.45) is 1.18. The van der Waals surface area contributed by atoms with Crippen molar-refractivity contribution in [3.63, 3.8) is 0 Å². The van der Waals surface area contributed by atoms with Crippen LogP contribution in [0.2, 0.25) is 12.6 Å². The quantitative estimate of drug-likeness (QED) is 0.322. The maximum atomic E-state index is 4.87. The Morgan fingerprint density at radius 3 is 2.30 bits per heavy atom. The molecule has 0 aliphatic heterocycles. The Kier molecular flexibility index (Phi) is 7.28. The lowest BCUT2D eigenvalue weighted by atomic mass is 10.5. The molecule has 62 valence electrons. The smallest absolute Gasteiger partial charge is 0.0601 e. The molecule has 0 atom stereocenters. The second-order valence-electron chi connectivity index (χ2n) is 2.13. The lowest BCUT2D eigenvalue weighted by molar-refractivity contribution is -0.342. The van der Waals surface area contributed by atoms with E-state index >= 15 is 0 Å². The minimum atomic E-state index is 0.218. The molecule has 0 bridgehead atoms. The van der Waals surface area contributed by atoms with Crippen LogP contribution >= 0.6 is 0 Å². The fourth-order valence-electron chi connectivity index (χ4n) is 0.748. The lowest BCUT2D eigenvalue weighted by Gasteiger charge is -2.15. The minimum absolute atomic E-state index is 0.218. The number of nitrogens with zero attached hydrogens (tertiary/aromatic N) is 1. The fourth-order valence-corrected chi connectivity index (χ4v) is 1.47. The SMILES string of the molecule is CON(CCC[SiH2]C)OC. The highest BCUT2D eigenvalue weighted by Gasteiger charge is 1.98. The van der Waals surface area contributed by atoms with Gasteiger partial charge in [-0.15, -0.1) is 0 Å². The number of hydrogen-bond donors (Lipinski definition) is 0. The molecule has 0 aromatic rings. The van der Waals surface area contributed by atoms with Crippen LogP contribution in [-0.2, 0) is 9.68 Å². The van der Waals surface area contributed by atoms with Crippen molar-refractivity contribution in [3.8, 4) is 0 Å². The summed E-state index contributed by atoms with van der Waals surface area (Å²) in [6, 6.07) is 1.36. The predicted octanol–water partition coefficient (Wildman–Crippen LogP) is 0.436. The highest BCUT2D eigenvalue weighted by atomic mass is 28.2. The van der Waals surface area contributed by atoms with Crippen molar-refractivity contribution in [1.29, 1.82) is 0 Å². The zero-order valence-corrected chi connectivity index (χ0v) is 8.51. The summed E-state index contributed by atoms with van der Waals surface area (Å²) in [5.41, 5.74) is 0. The monoisotopic (exact) mass is 163 g/mol. The summed E-state index contributed by atoms with van der Waals surface area (Å²) in [5.74, 6) is 0. The maximum absolute atomic E-state index is 4.87. The van der Waals surface area contributed by atoms with Crippen LogP contribution in [0, 0.1) is 0 Å². The molecular weight excluding hydrogens is 146 g/mol. The lowest BCUT2D eigenvalue weighted by Crippen LogP contribution is -2.22. The van der Waals surface area contributed by atoms with Crippen LogP contribution in [0.3, 0.4) is 0 Å². The summed E-state index contributed by atoms with van der Waals surface area (Å²) in [4.78, 5) is 9.75. The predicted molar refractivity (Wildman–Crippen MR) is 44.6 cm³/mol. The first-order valence-corrected chi connectivity index (χ1v) is 6.12. The fraction of sp³-hybridized carbons (Fsp3) is 1.00. The third-order valence-electron chi connectivity index (χ3n) is 1.35. The van der Waals surface area contributed by atoms with Crippen molar-refractivity contribution in [3.05, 3.63) is 0 Å². The van der Waals surface area contributed by atoms with Gasteiger partial charge in [-0.1, -0.05) is 17.8 Å². The topological polar surface area (TPSA) is 21.7 Å². The summed E-state index contributed by atoms with van der Waals surface area (Å²) in [5, 5.41) is 1.50. The molecule has 10 heavy (non-hydrogen) atoms. The molecule has 0 aromatic heterocycles. The van der Waals surface area contributed by atoms with Gasteiger partial charge in [-0.05, 0) is 6.42 Å². The summed E-state index contributed by atoms with van der Waals surface area (Å²) in [6.45, 7) is 3.19. The first kappa shape index (κ1) is 10.1. The Morgan fingerprint density at radius 1 is 1.30 bits per heavy atom. The Bertz CT molecular complexity index is 68.8. The normalized spacial score (nSPS) is 12.0. The van der Waals surface area contributed by atoms with E-state index < -0.39 is 0 Å². The molecule has 0 aliphatic rings. The van der Waals surface area contributed by atoms with Crippen LogP contribution in [0.15, 0.2) is 0 Å². The van der Waals surface area contributed by atoms with Crippen molar-refractivity contribution in [1.82, 2.24) is 5.23 Å². The van der Waals surface area contributed by atoms with E-state index in [2.05, 4.69) is 6.55 Å². The Morgan fingerprint density at radius 2 is 1.90 bits per heavy atom. The average Bonchev–Trinajstić information content (AvgIpc) is 1.99. The minimum Gasteiger partial charge on any atom is -0.278 e. The van der Waals surface area contributed by atoms with E-state index in [-0.39, 0.29) is 9.52 Å². The molecule has 0 radical (unpaired) electrons. The van der Waals surface area contributed by atoms with E-state index in [0.717, 1.165) is 6.54 Å². The number of hydroxylamine groups is 2. The van der Waals surface area contributed by atoms with Gasteiger partial charge in [0.25, 0.3) is 0 Å². The molecule has 0 rings (SSSR count). The molecule has 0 N–H and O–H groups in total. The van der Waals surface area contributed by atoms with Crippen LogP contribution in [0.1, 0.15) is 6.42 Å². The first-order valence-electron chi connectivity index (χ1n) is 3.70. The third kappa shape index (κ3) is 4.93. The molecule has 0 aromatic carbocycles. The van der Waals surface area contributed by atoms with E-state index in [1.807, 2.05) is 0 Å². The zero-order chi connectivity index (χ0) is 7.82. The largest absolute Gasteiger partial charge is 0.278 e. The van der Waals surface area contributed by atoms with Gasteiger partial charge in [-0.2, -0.15) is 0 Å². The maximum Gasteiger partial charge on any atom is 0.0601 e. The first-order chi connectivity index (χ1) is 4.85. The van der Waals surface area contributed by atoms with E-state index in [1.165, 1.54) is 17.7 Å². The van der Waals surface area contributed by atoms with Gasteiger partial charge in [0, 0.05) is 9.52 Å². The van der Waals surface area contributed by atoms with Gasteiger partial charge in [0.1, 0.15) is 0 Å². The Labute approximate surface area is 65.0 Å². The van der Waals surface area contributed by atoms with Gasteiger partial charge in [-0.3, -0.25) is 9.68 Å². The third-order valence-corrected chi connectivity index (χ3v) is 2.56. The molecule has 0 fully saturated rings. The summed E-state index contributed by atoms with van der Waals surface area (Å²) < 4.78 is 0. The van der Waals surface area contributed by atoms with E-state index in [9.17, 15) is 0 Å². The molecule has 0 amide bonds. The average molecular weight is 163 g/mol. The molecule has 4 heteroatoms. The highest BCUT2D eigenvalue weighted by Crippen LogP contribution is 1.94. The van der Waals surface area contributed by atoms with E-state index in [1.54, 1.807) is 14.2 Å². The van der Waals surface area contributed by atoms with Crippen LogP contribution in [0.25, 0.3) is 0 Å². The van der Waals surface area contributed by atoms with Gasteiger partial charge in [0.15, 0.2) is 0 Å². The van der Waals surface area contributed by atoms with Crippen LogP contribution in [0.5, 0.6) is 0 Å². The molecule has 3 nitrogen and oxygen atoms in total. The Hall–Kier alpha value is 0.0969. The molecule has 0 unspecified atom stereocenters. The van der Waals surface area contributed by atoms with Crippen molar-refractivity contribution in [2.75, 3.05) is 20.8 Å². The standard InChI is InChI=1S/C6H17NO2Si/c1-8-7(9-2)5-4-6-10-3/h4-6,10H2,1-3H3.